The number of sulfone groups is 1. The van der Waals surface area contributed by atoms with Crippen LogP contribution in [0.3, 0.4) is 0 Å². The molecule has 0 radical (unpaired) electrons. The predicted molar refractivity (Wildman–Crippen MR) is 123 cm³/mol. The average molecular weight is 493 g/mol. The van der Waals surface area contributed by atoms with Crippen LogP contribution in [0.2, 0.25) is 5.02 Å². The lowest BCUT2D eigenvalue weighted by Gasteiger charge is -2.24. The number of ether oxygens (including phenoxy) is 2. The van der Waals surface area contributed by atoms with Crippen molar-refractivity contribution in [1.82, 2.24) is 19.7 Å². The molecule has 0 saturated carbocycles. The van der Waals surface area contributed by atoms with Crippen molar-refractivity contribution >= 4 is 27.5 Å². The summed E-state index contributed by atoms with van der Waals surface area (Å²) in [5.41, 5.74) is 0.0194. The number of carbonyl (C=O) groups excluding carboxylic acids is 1. The highest BCUT2D eigenvalue weighted by atomic mass is 35.5. The first-order valence-corrected chi connectivity index (χ1v) is 11.8. The van der Waals surface area contributed by atoms with E-state index in [9.17, 15) is 13.2 Å². The number of hydrogen-bond donors (Lipinski definition) is 0. The fraction of sp³-hybridized carbons (Fsp3) is 0.318. The Kier molecular flexibility index (Phi) is 6.99. The van der Waals surface area contributed by atoms with Gasteiger partial charge in [0.25, 0.3) is 0 Å². The van der Waals surface area contributed by atoms with Crippen LogP contribution in [0.5, 0.6) is 5.88 Å². The topological polar surface area (TPSA) is 104 Å². The smallest absolute Gasteiger partial charge is 0.410 e. The Morgan fingerprint density at radius 3 is 2.48 bits per heavy atom. The van der Waals surface area contributed by atoms with Crippen LogP contribution in [-0.2, 0) is 21.1 Å². The summed E-state index contributed by atoms with van der Waals surface area (Å²) >= 11 is 6.34. The van der Waals surface area contributed by atoms with E-state index in [0.29, 0.717) is 16.4 Å². The SMILES string of the molecule is COc1cccc(S(=O)(=O)c2cc(CN(C)C(=O)OC(C)(C)C)nn2-c2ccccc2Cl)n1. The molecule has 3 aromatic rings. The molecule has 0 bridgehead atoms. The second kappa shape index (κ2) is 9.40. The van der Waals surface area contributed by atoms with E-state index >= 15 is 0 Å². The number of aromatic nitrogens is 3. The number of carbonyl (C=O) groups is 1. The fourth-order valence-corrected chi connectivity index (χ4v) is 4.44. The molecule has 0 spiro atoms. The lowest BCUT2D eigenvalue weighted by Crippen LogP contribution is -2.33. The molecule has 2 aromatic heterocycles. The van der Waals surface area contributed by atoms with E-state index < -0.39 is 21.5 Å². The minimum atomic E-state index is -4.12. The van der Waals surface area contributed by atoms with Crippen molar-refractivity contribution in [2.45, 2.75) is 43.0 Å². The first-order chi connectivity index (χ1) is 15.4. The second-order valence-corrected chi connectivity index (χ2v) is 10.4. The van der Waals surface area contributed by atoms with Crippen LogP contribution in [0.25, 0.3) is 5.69 Å². The number of methoxy groups -OCH3 is 1. The number of benzene rings is 1. The van der Waals surface area contributed by atoms with Crippen molar-refractivity contribution in [1.29, 1.82) is 0 Å². The van der Waals surface area contributed by atoms with Crippen LogP contribution in [0, 0.1) is 0 Å². The maximum atomic E-state index is 13.5. The lowest BCUT2D eigenvalue weighted by molar-refractivity contribution is 0.0283. The van der Waals surface area contributed by atoms with E-state index in [-0.39, 0.29) is 22.5 Å². The molecule has 0 N–H and O–H groups in total. The summed E-state index contributed by atoms with van der Waals surface area (Å²) in [6, 6.07) is 12.6. The van der Waals surface area contributed by atoms with Crippen molar-refractivity contribution in [2.24, 2.45) is 0 Å². The summed E-state index contributed by atoms with van der Waals surface area (Å²) in [6.45, 7) is 5.30. The summed E-state index contributed by atoms with van der Waals surface area (Å²) in [5, 5.41) is 4.39. The zero-order valence-corrected chi connectivity index (χ0v) is 20.5. The van der Waals surface area contributed by atoms with E-state index in [4.69, 9.17) is 21.1 Å². The van der Waals surface area contributed by atoms with Crippen LogP contribution >= 0.6 is 11.6 Å². The van der Waals surface area contributed by atoms with E-state index in [0.717, 1.165) is 0 Å². The molecule has 0 saturated heterocycles. The summed E-state index contributed by atoms with van der Waals surface area (Å²) in [4.78, 5) is 17.8. The Bertz CT molecular complexity index is 1270. The monoisotopic (exact) mass is 492 g/mol. The molecule has 3 rings (SSSR count). The summed E-state index contributed by atoms with van der Waals surface area (Å²) in [7, 11) is -1.17. The molecule has 33 heavy (non-hydrogen) atoms. The van der Waals surface area contributed by atoms with Crippen molar-refractivity contribution in [2.75, 3.05) is 14.2 Å². The van der Waals surface area contributed by atoms with E-state index in [1.54, 1.807) is 58.2 Å². The molecule has 176 valence electrons. The van der Waals surface area contributed by atoms with Crippen LogP contribution in [0.1, 0.15) is 26.5 Å². The molecule has 2 heterocycles. The average Bonchev–Trinajstić information content (AvgIpc) is 3.17. The number of halogens is 1. The van der Waals surface area contributed by atoms with Crippen LogP contribution in [0.4, 0.5) is 4.79 Å². The molecule has 0 unspecified atom stereocenters. The predicted octanol–water partition coefficient (Wildman–Crippen LogP) is 4.13. The largest absolute Gasteiger partial charge is 0.481 e. The van der Waals surface area contributed by atoms with Gasteiger partial charge in [-0.05, 0) is 39.0 Å². The summed E-state index contributed by atoms with van der Waals surface area (Å²) < 4.78 is 38.7. The normalized spacial score (nSPS) is 11.8. The fourth-order valence-electron chi connectivity index (χ4n) is 2.89. The number of nitrogens with zero attached hydrogens (tertiary/aromatic N) is 4. The Morgan fingerprint density at radius 1 is 1.15 bits per heavy atom. The molecule has 0 aliphatic rings. The lowest BCUT2D eigenvalue weighted by atomic mass is 10.2. The Hall–Kier alpha value is -3.11. The Balaban J connectivity index is 2.08. The highest BCUT2D eigenvalue weighted by molar-refractivity contribution is 7.91. The van der Waals surface area contributed by atoms with Gasteiger partial charge in [-0.1, -0.05) is 29.8 Å². The Labute approximate surface area is 197 Å². The van der Waals surface area contributed by atoms with Gasteiger partial charge in [0.15, 0.2) is 10.1 Å². The third-order valence-electron chi connectivity index (χ3n) is 4.37. The minimum Gasteiger partial charge on any atom is -0.481 e. The van der Waals surface area contributed by atoms with Gasteiger partial charge in [0.2, 0.25) is 15.7 Å². The first kappa shape index (κ1) is 24.5. The highest BCUT2D eigenvalue weighted by Crippen LogP contribution is 2.28. The third-order valence-corrected chi connectivity index (χ3v) is 6.31. The van der Waals surface area contributed by atoms with Crippen LogP contribution in [0.15, 0.2) is 58.6 Å². The molecule has 0 fully saturated rings. The first-order valence-electron chi connectivity index (χ1n) is 9.96. The third kappa shape index (κ3) is 5.63. The number of hydrogen-bond acceptors (Lipinski definition) is 7. The molecule has 1 aromatic carbocycles. The zero-order chi connectivity index (χ0) is 24.4. The zero-order valence-electron chi connectivity index (χ0n) is 18.9. The standard InChI is InChI=1S/C22H25ClN4O5S/c1-22(2,3)32-21(28)26(4)14-15-13-20(27(25-15)17-10-7-6-9-16(17)23)33(29,30)19-12-8-11-18(24-19)31-5/h6-13H,14H2,1-5H3. The number of amides is 1. The van der Waals surface area contributed by atoms with Crippen molar-refractivity contribution in [3.63, 3.8) is 0 Å². The summed E-state index contributed by atoms with van der Waals surface area (Å²) in [5.74, 6) is 0.157. The number of para-hydroxylation sites is 1. The van der Waals surface area contributed by atoms with E-state index in [1.165, 1.54) is 34.9 Å². The van der Waals surface area contributed by atoms with Gasteiger partial charge in [-0.25, -0.2) is 22.9 Å². The van der Waals surface area contributed by atoms with Gasteiger partial charge in [-0.3, -0.25) is 0 Å². The van der Waals surface area contributed by atoms with Gasteiger partial charge < -0.3 is 14.4 Å². The molecular formula is C22H25ClN4O5S. The molecule has 0 aliphatic heterocycles. The van der Waals surface area contributed by atoms with Gasteiger partial charge in [-0.2, -0.15) is 5.10 Å². The van der Waals surface area contributed by atoms with Gasteiger partial charge in [0, 0.05) is 19.2 Å². The van der Waals surface area contributed by atoms with Gasteiger partial charge in [0.05, 0.1) is 30.1 Å². The van der Waals surface area contributed by atoms with Crippen LogP contribution < -0.4 is 4.74 Å². The van der Waals surface area contributed by atoms with Crippen molar-refractivity contribution in [3.05, 3.63) is 59.2 Å². The molecule has 0 aliphatic carbocycles. The van der Waals surface area contributed by atoms with Gasteiger partial charge in [-0.15, -0.1) is 0 Å². The van der Waals surface area contributed by atoms with Crippen molar-refractivity contribution in [3.8, 4) is 11.6 Å². The van der Waals surface area contributed by atoms with E-state index in [1.807, 2.05) is 0 Å². The molecule has 9 nitrogen and oxygen atoms in total. The Morgan fingerprint density at radius 2 is 1.85 bits per heavy atom. The van der Waals surface area contributed by atoms with Gasteiger partial charge in [0.1, 0.15) is 5.60 Å². The molecule has 11 heteroatoms. The summed E-state index contributed by atoms with van der Waals surface area (Å²) in [6.07, 6.45) is -0.561. The van der Waals surface area contributed by atoms with Gasteiger partial charge >= 0.3 is 6.09 Å². The molecule has 1 amide bonds. The molecule has 0 atom stereocenters. The number of pyridine rings is 1. The van der Waals surface area contributed by atoms with E-state index in [2.05, 4.69) is 10.1 Å². The second-order valence-electron chi connectivity index (χ2n) is 8.20. The number of rotatable bonds is 6. The maximum Gasteiger partial charge on any atom is 0.410 e. The van der Waals surface area contributed by atoms with Crippen molar-refractivity contribution < 1.29 is 22.7 Å². The highest BCUT2D eigenvalue weighted by Gasteiger charge is 2.28. The maximum absolute atomic E-state index is 13.5. The quantitative estimate of drug-likeness (QED) is 0.509. The molecular weight excluding hydrogens is 468 g/mol. The minimum absolute atomic E-state index is 0.0143. The van der Waals surface area contributed by atoms with Crippen LogP contribution in [-0.4, -0.2) is 53.9 Å².